The Morgan fingerprint density at radius 1 is 1.14 bits per heavy atom. The van der Waals surface area contributed by atoms with Crippen LogP contribution in [0.1, 0.15) is 31.2 Å². The Morgan fingerprint density at radius 3 is 2.70 bits per heavy atom. The lowest BCUT2D eigenvalue weighted by Crippen LogP contribution is -2.31. The van der Waals surface area contributed by atoms with Gasteiger partial charge in [0.1, 0.15) is 5.82 Å². The summed E-state index contributed by atoms with van der Waals surface area (Å²) in [5, 5.41) is 13.5. The number of nitrogens with zero attached hydrogens (tertiary/aromatic N) is 4. The summed E-state index contributed by atoms with van der Waals surface area (Å²) in [6, 6.07) is 10.8. The summed E-state index contributed by atoms with van der Waals surface area (Å²) in [4.78, 5) is 23.8. The highest BCUT2D eigenvalue weighted by molar-refractivity contribution is 6.33. The first-order valence-electron chi connectivity index (χ1n) is 12.1. The van der Waals surface area contributed by atoms with Crippen molar-refractivity contribution in [3.8, 4) is 5.75 Å². The fourth-order valence-corrected chi connectivity index (χ4v) is 4.49. The van der Waals surface area contributed by atoms with Gasteiger partial charge in [0.05, 0.1) is 13.2 Å². The minimum atomic E-state index is -1.23. The quantitative estimate of drug-likeness (QED) is 0.276. The number of halogens is 3. The first-order chi connectivity index (χ1) is 17.9. The largest absolute Gasteiger partial charge is 0.490 e. The minimum absolute atomic E-state index is 0.0659. The van der Waals surface area contributed by atoms with E-state index in [0.29, 0.717) is 27.9 Å². The molecule has 1 aliphatic rings. The van der Waals surface area contributed by atoms with Crippen LogP contribution in [0.2, 0.25) is 10.0 Å². The van der Waals surface area contributed by atoms with Crippen molar-refractivity contribution in [3.05, 3.63) is 70.1 Å². The number of amides is 1. The highest BCUT2D eigenvalue weighted by atomic mass is 35.5. The van der Waals surface area contributed by atoms with E-state index in [1.807, 2.05) is 0 Å². The summed E-state index contributed by atoms with van der Waals surface area (Å²) in [7, 11) is 0. The number of hydrogen-bond donors (Lipinski definition) is 2. The Kier molecular flexibility index (Phi) is 9.38. The number of benzene rings is 2. The molecule has 1 aliphatic heterocycles. The van der Waals surface area contributed by atoms with Gasteiger partial charge in [-0.25, -0.2) is 14.2 Å². The van der Waals surface area contributed by atoms with E-state index in [4.69, 9.17) is 27.9 Å². The van der Waals surface area contributed by atoms with Crippen LogP contribution in [0.4, 0.5) is 26.6 Å². The SMILES string of the molecule is O=C(O)N(Cc1cc(Cl)ccc1Cl)c1ccnc(Nc2ccc(OCCCN3CCCCC3)c(F)c2)n1. The van der Waals surface area contributed by atoms with Gasteiger partial charge < -0.3 is 20.1 Å². The summed E-state index contributed by atoms with van der Waals surface area (Å²) in [5.74, 6) is -0.109. The van der Waals surface area contributed by atoms with E-state index in [1.165, 1.54) is 37.6 Å². The van der Waals surface area contributed by atoms with Crippen molar-refractivity contribution in [2.24, 2.45) is 0 Å². The van der Waals surface area contributed by atoms with Gasteiger partial charge in [0.15, 0.2) is 11.6 Å². The third-order valence-electron chi connectivity index (χ3n) is 6.00. The Balaban J connectivity index is 1.38. The first-order valence-corrected chi connectivity index (χ1v) is 12.8. The van der Waals surface area contributed by atoms with E-state index in [9.17, 15) is 14.3 Å². The molecule has 37 heavy (non-hydrogen) atoms. The lowest BCUT2D eigenvalue weighted by atomic mass is 10.1. The fraction of sp³-hybridized carbons (Fsp3) is 0.346. The van der Waals surface area contributed by atoms with Crippen LogP contribution >= 0.6 is 23.2 Å². The topological polar surface area (TPSA) is 90.8 Å². The minimum Gasteiger partial charge on any atom is -0.490 e. The molecule has 0 radical (unpaired) electrons. The average Bonchev–Trinajstić information content (AvgIpc) is 2.88. The lowest BCUT2D eigenvalue weighted by Gasteiger charge is -2.26. The number of carbonyl (C=O) groups is 1. The van der Waals surface area contributed by atoms with E-state index < -0.39 is 11.9 Å². The predicted octanol–water partition coefficient (Wildman–Crippen LogP) is 6.61. The fourth-order valence-electron chi connectivity index (χ4n) is 4.12. The number of ether oxygens (including phenoxy) is 1. The van der Waals surface area contributed by atoms with E-state index in [0.717, 1.165) is 31.0 Å². The zero-order chi connectivity index (χ0) is 26.2. The molecule has 2 N–H and O–H groups in total. The van der Waals surface area contributed by atoms with Gasteiger partial charge in [0.2, 0.25) is 5.95 Å². The third kappa shape index (κ3) is 7.67. The van der Waals surface area contributed by atoms with Crippen LogP contribution in [0.15, 0.2) is 48.7 Å². The molecule has 0 bridgehead atoms. The van der Waals surface area contributed by atoms with Crippen LogP contribution in [0.3, 0.4) is 0 Å². The van der Waals surface area contributed by atoms with Crippen LogP contribution in [0.5, 0.6) is 5.75 Å². The van der Waals surface area contributed by atoms with E-state index in [1.54, 1.807) is 30.3 Å². The molecule has 2 heterocycles. The number of piperidine rings is 1. The standard InChI is InChI=1S/C26H28Cl2FN5O3/c27-19-5-7-21(28)18(15-19)17-34(26(35)36)24-9-10-30-25(32-24)31-20-6-8-23(22(29)16-20)37-14-4-13-33-11-2-1-3-12-33/h5-10,15-16H,1-4,11-14,17H2,(H,35,36)(H,30,31,32). The van der Waals surface area contributed by atoms with Gasteiger partial charge in [0, 0.05) is 34.5 Å². The van der Waals surface area contributed by atoms with Crippen LogP contribution < -0.4 is 15.0 Å². The highest BCUT2D eigenvalue weighted by Gasteiger charge is 2.19. The number of rotatable bonds is 10. The monoisotopic (exact) mass is 547 g/mol. The van der Waals surface area contributed by atoms with Crippen LogP contribution in [0.25, 0.3) is 0 Å². The number of hydrogen-bond acceptors (Lipinski definition) is 6. The molecule has 0 atom stereocenters. The number of carboxylic acid groups (broad SMARTS) is 1. The molecule has 2 aromatic carbocycles. The Morgan fingerprint density at radius 2 is 1.95 bits per heavy atom. The molecule has 3 aromatic rings. The normalized spacial score (nSPS) is 13.8. The van der Waals surface area contributed by atoms with Gasteiger partial charge >= 0.3 is 6.09 Å². The van der Waals surface area contributed by atoms with Gasteiger partial charge in [-0.1, -0.05) is 29.6 Å². The average molecular weight is 548 g/mol. The Bertz CT molecular complexity index is 1230. The maximum absolute atomic E-state index is 14.6. The summed E-state index contributed by atoms with van der Waals surface area (Å²) in [6.07, 6.45) is 4.79. The van der Waals surface area contributed by atoms with E-state index in [2.05, 4.69) is 20.2 Å². The van der Waals surface area contributed by atoms with Gasteiger partial charge in [0.25, 0.3) is 0 Å². The van der Waals surface area contributed by atoms with Gasteiger partial charge in [-0.2, -0.15) is 4.98 Å². The molecule has 0 spiro atoms. The van der Waals surface area contributed by atoms with Gasteiger partial charge in [-0.15, -0.1) is 0 Å². The zero-order valence-corrected chi connectivity index (χ0v) is 21.7. The summed E-state index contributed by atoms with van der Waals surface area (Å²) in [6.45, 7) is 3.57. The molecule has 1 saturated heterocycles. The Hall–Kier alpha value is -3.14. The van der Waals surface area contributed by atoms with Crippen molar-refractivity contribution in [1.29, 1.82) is 0 Å². The van der Waals surface area contributed by atoms with Crippen molar-refractivity contribution < 1.29 is 19.0 Å². The van der Waals surface area contributed by atoms with Crippen molar-refractivity contribution >= 4 is 46.7 Å². The van der Waals surface area contributed by atoms with Crippen molar-refractivity contribution in [1.82, 2.24) is 14.9 Å². The lowest BCUT2D eigenvalue weighted by molar-refractivity contribution is 0.201. The maximum Gasteiger partial charge on any atom is 0.413 e. The van der Waals surface area contributed by atoms with Crippen LogP contribution in [-0.4, -0.2) is 52.3 Å². The summed E-state index contributed by atoms with van der Waals surface area (Å²) in [5.41, 5.74) is 0.924. The zero-order valence-electron chi connectivity index (χ0n) is 20.2. The van der Waals surface area contributed by atoms with Gasteiger partial charge in [-0.3, -0.25) is 4.90 Å². The second kappa shape index (κ2) is 12.9. The molecular formula is C26H28Cl2FN5O3. The van der Waals surface area contributed by atoms with Gasteiger partial charge in [-0.05, 0) is 74.3 Å². The molecule has 4 rings (SSSR count). The number of nitrogens with one attached hydrogen (secondary N) is 1. The second-order valence-corrected chi connectivity index (χ2v) is 9.56. The molecule has 0 saturated carbocycles. The van der Waals surface area contributed by atoms with Crippen molar-refractivity contribution in [2.75, 3.05) is 36.5 Å². The third-order valence-corrected chi connectivity index (χ3v) is 6.60. The summed E-state index contributed by atoms with van der Waals surface area (Å²) >= 11 is 12.2. The Labute approximate surface area is 225 Å². The molecule has 1 fully saturated rings. The summed E-state index contributed by atoms with van der Waals surface area (Å²) < 4.78 is 20.3. The number of anilines is 3. The molecule has 196 valence electrons. The number of aromatic nitrogens is 2. The molecule has 0 unspecified atom stereocenters. The second-order valence-electron chi connectivity index (χ2n) is 8.72. The van der Waals surface area contributed by atoms with Crippen LogP contribution in [-0.2, 0) is 6.54 Å². The first kappa shape index (κ1) is 26.9. The highest BCUT2D eigenvalue weighted by Crippen LogP contribution is 2.26. The number of likely N-dealkylation sites (tertiary alicyclic amines) is 1. The molecule has 8 nitrogen and oxygen atoms in total. The van der Waals surface area contributed by atoms with Crippen molar-refractivity contribution in [3.63, 3.8) is 0 Å². The molecule has 11 heteroatoms. The van der Waals surface area contributed by atoms with Crippen molar-refractivity contribution in [2.45, 2.75) is 32.2 Å². The smallest absolute Gasteiger partial charge is 0.413 e. The molecule has 1 aromatic heterocycles. The molecule has 0 aliphatic carbocycles. The predicted molar refractivity (Wildman–Crippen MR) is 143 cm³/mol. The van der Waals surface area contributed by atoms with E-state index >= 15 is 0 Å². The molecular weight excluding hydrogens is 520 g/mol. The van der Waals surface area contributed by atoms with E-state index in [-0.39, 0.29) is 24.1 Å². The van der Waals surface area contributed by atoms with Crippen LogP contribution in [0, 0.1) is 5.82 Å². The maximum atomic E-state index is 14.6. The molecule has 1 amide bonds.